The molecule has 2 rings (SSSR count). The number of hydrogen-bond donors (Lipinski definition) is 2. The van der Waals surface area contributed by atoms with Gasteiger partial charge in [-0.25, -0.2) is 0 Å². The van der Waals surface area contributed by atoms with Crippen LogP contribution in [-0.4, -0.2) is 25.5 Å². The van der Waals surface area contributed by atoms with Crippen LogP contribution in [0.2, 0.25) is 0 Å². The van der Waals surface area contributed by atoms with Crippen LogP contribution in [-0.2, 0) is 10.2 Å². The third-order valence-corrected chi connectivity index (χ3v) is 4.80. The zero-order valence-electron chi connectivity index (χ0n) is 14.7. The fraction of sp³-hybridized carbons (Fsp3) is 0.632. The van der Waals surface area contributed by atoms with E-state index in [-0.39, 0.29) is 23.7 Å². The molecule has 0 aliphatic carbocycles. The van der Waals surface area contributed by atoms with E-state index in [1.165, 1.54) is 24.0 Å². The second-order valence-corrected chi connectivity index (χ2v) is 7.26. The molecule has 0 aromatic heterocycles. The van der Waals surface area contributed by atoms with Crippen molar-refractivity contribution in [1.82, 2.24) is 10.6 Å². The highest BCUT2D eigenvalue weighted by Gasteiger charge is 2.21. The summed E-state index contributed by atoms with van der Waals surface area (Å²) in [5.74, 6) is 0.913. The highest BCUT2D eigenvalue weighted by molar-refractivity contribution is 5.85. The van der Waals surface area contributed by atoms with Gasteiger partial charge in [-0.2, -0.15) is 0 Å². The molecule has 0 unspecified atom stereocenters. The molecule has 1 saturated heterocycles. The number of hydrogen-bond acceptors (Lipinski definition) is 2. The third-order valence-electron chi connectivity index (χ3n) is 4.80. The van der Waals surface area contributed by atoms with Crippen molar-refractivity contribution in [2.45, 2.75) is 51.9 Å². The average Bonchev–Trinajstić information content (AvgIpc) is 2.52. The summed E-state index contributed by atoms with van der Waals surface area (Å²) < 4.78 is 0. The predicted octanol–water partition coefficient (Wildman–Crippen LogP) is 3.59. The molecule has 130 valence electrons. The highest BCUT2D eigenvalue weighted by Crippen LogP contribution is 2.23. The Morgan fingerprint density at radius 2 is 1.83 bits per heavy atom. The van der Waals surface area contributed by atoms with Gasteiger partial charge >= 0.3 is 0 Å². The monoisotopic (exact) mass is 338 g/mol. The van der Waals surface area contributed by atoms with Crippen molar-refractivity contribution < 1.29 is 4.79 Å². The lowest BCUT2D eigenvalue weighted by Crippen LogP contribution is -2.37. The van der Waals surface area contributed by atoms with Crippen LogP contribution in [0.15, 0.2) is 24.3 Å². The summed E-state index contributed by atoms with van der Waals surface area (Å²) in [6.45, 7) is 9.37. The second-order valence-electron chi connectivity index (χ2n) is 7.26. The normalized spacial score (nSPS) is 15.8. The van der Waals surface area contributed by atoms with Crippen molar-refractivity contribution in [1.29, 1.82) is 0 Å². The van der Waals surface area contributed by atoms with Crippen molar-refractivity contribution in [3.8, 4) is 0 Å². The van der Waals surface area contributed by atoms with Gasteiger partial charge in [0.25, 0.3) is 0 Å². The maximum absolute atomic E-state index is 12.1. The second kappa shape index (κ2) is 9.29. The Morgan fingerprint density at radius 1 is 1.22 bits per heavy atom. The first-order chi connectivity index (χ1) is 10.5. The molecule has 1 aliphatic heterocycles. The maximum atomic E-state index is 12.1. The van der Waals surface area contributed by atoms with E-state index in [4.69, 9.17) is 0 Å². The molecular formula is C19H31ClN2O. The van der Waals surface area contributed by atoms with Crippen LogP contribution < -0.4 is 10.6 Å². The molecule has 1 amide bonds. The molecule has 2 N–H and O–H groups in total. The van der Waals surface area contributed by atoms with Crippen LogP contribution in [0.4, 0.5) is 0 Å². The fourth-order valence-electron chi connectivity index (χ4n) is 3.02. The Balaban J connectivity index is 0.00000264. The smallest absolute Gasteiger partial charge is 0.220 e. The van der Waals surface area contributed by atoms with E-state index in [2.05, 4.69) is 55.7 Å². The van der Waals surface area contributed by atoms with E-state index in [9.17, 15) is 4.79 Å². The van der Waals surface area contributed by atoms with Crippen LogP contribution >= 0.6 is 12.4 Å². The van der Waals surface area contributed by atoms with Gasteiger partial charge in [0.1, 0.15) is 0 Å². The first kappa shape index (κ1) is 20.0. The van der Waals surface area contributed by atoms with E-state index in [1.807, 2.05) is 0 Å². The summed E-state index contributed by atoms with van der Waals surface area (Å²) in [5, 5.41) is 6.49. The van der Waals surface area contributed by atoms with Gasteiger partial charge in [-0.05, 0) is 50.8 Å². The Kier molecular flexibility index (Phi) is 8.07. The molecule has 4 heteroatoms. The van der Waals surface area contributed by atoms with E-state index >= 15 is 0 Å². The molecule has 0 spiro atoms. The molecule has 1 aromatic carbocycles. The Bertz CT molecular complexity index is 479. The molecule has 1 aromatic rings. The van der Waals surface area contributed by atoms with Crippen LogP contribution in [0.1, 0.15) is 50.7 Å². The van der Waals surface area contributed by atoms with Crippen LogP contribution in [0, 0.1) is 12.8 Å². The molecule has 1 aliphatic rings. The van der Waals surface area contributed by atoms with Gasteiger partial charge in [0.15, 0.2) is 0 Å². The van der Waals surface area contributed by atoms with Crippen LogP contribution in [0.3, 0.4) is 0 Å². The minimum atomic E-state index is -0.0296. The topological polar surface area (TPSA) is 41.1 Å². The van der Waals surface area contributed by atoms with Gasteiger partial charge in [0.2, 0.25) is 5.91 Å². The number of carbonyl (C=O) groups excluding carboxylic acids is 1. The molecule has 0 saturated carbocycles. The standard InChI is InChI=1S/C19H30N2O.ClH/c1-15-4-7-17(8-5-15)19(2,3)14-21-18(22)9-6-16-10-12-20-13-11-16;/h4-5,7-8,16,20H,6,9-14H2,1-3H3,(H,21,22);1H. The highest BCUT2D eigenvalue weighted by atomic mass is 35.5. The van der Waals surface area contributed by atoms with Crippen LogP contribution in [0.5, 0.6) is 0 Å². The molecule has 0 atom stereocenters. The summed E-state index contributed by atoms with van der Waals surface area (Å²) in [6, 6.07) is 8.60. The van der Waals surface area contributed by atoms with E-state index < -0.39 is 0 Å². The number of benzene rings is 1. The van der Waals surface area contributed by atoms with E-state index in [1.54, 1.807) is 0 Å². The zero-order chi connectivity index (χ0) is 16.0. The lowest BCUT2D eigenvalue weighted by atomic mass is 9.84. The summed E-state index contributed by atoms with van der Waals surface area (Å²) in [4.78, 5) is 12.1. The van der Waals surface area contributed by atoms with Crippen molar-refractivity contribution in [2.75, 3.05) is 19.6 Å². The summed E-state index contributed by atoms with van der Waals surface area (Å²) in [7, 11) is 0. The lowest BCUT2D eigenvalue weighted by Gasteiger charge is -2.26. The van der Waals surface area contributed by atoms with Gasteiger partial charge < -0.3 is 10.6 Å². The number of aryl methyl sites for hydroxylation is 1. The molecule has 3 nitrogen and oxygen atoms in total. The first-order valence-corrected chi connectivity index (χ1v) is 8.52. The fourth-order valence-corrected chi connectivity index (χ4v) is 3.02. The first-order valence-electron chi connectivity index (χ1n) is 8.52. The minimum Gasteiger partial charge on any atom is -0.355 e. The predicted molar refractivity (Wildman–Crippen MR) is 99.3 cm³/mol. The van der Waals surface area contributed by atoms with Gasteiger partial charge in [-0.1, -0.05) is 43.7 Å². The van der Waals surface area contributed by atoms with E-state index in [0.29, 0.717) is 13.0 Å². The van der Waals surface area contributed by atoms with E-state index in [0.717, 1.165) is 25.4 Å². The number of carbonyl (C=O) groups is 1. The SMILES string of the molecule is Cc1ccc(C(C)(C)CNC(=O)CCC2CCNCC2)cc1.Cl. The van der Waals surface area contributed by atoms with Crippen molar-refractivity contribution in [3.63, 3.8) is 0 Å². The van der Waals surface area contributed by atoms with Crippen molar-refractivity contribution in [3.05, 3.63) is 35.4 Å². The number of rotatable bonds is 6. The summed E-state index contributed by atoms with van der Waals surface area (Å²) in [6.07, 6.45) is 4.11. The number of piperidine rings is 1. The number of nitrogens with one attached hydrogen (secondary N) is 2. The zero-order valence-corrected chi connectivity index (χ0v) is 15.5. The Labute approximate surface area is 147 Å². The maximum Gasteiger partial charge on any atom is 0.220 e. The number of amides is 1. The molecule has 1 fully saturated rings. The average molecular weight is 339 g/mol. The van der Waals surface area contributed by atoms with Gasteiger partial charge in [0, 0.05) is 18.4 Å². The Morgan fingerprint density at radius 3 is 2.43 bits per heavy atom. The van der Waals surface area contributed by atoms with Crippen LogP contribution in [0.25, 0.3) is 0 Å². The van der Waals surface area contributed by atoms with Crippen molar-refractivity contribution in [2.24, 2.45) is 5.92 Å². The van der Waals surface area contributed by atoms with Gasteiger partial charge in [-0.3, -0.25) is 4.79 Å². The Hall–Kier alpha value is -1.06. The number of halogens is 1. The van der Waals surface area contributed by atoms with Gasteiger partial charge in [-0.15, -0.1) is 12.4 Å². The summed E-state index contributed by atoms with van der Waals surface area (Å²) in [5.41, 5.74) is 2.51. The molecule has 23 heavy (non-hydrogen) atoms. The van der Waals surface area contributed by atoms with Crippen molar-refractivity contribution >= 4 is 18.3 Å². The lowest BCUT2D eigenvalue weighted by molar-refractivity contribution is -0.121. The molecule has 0 radical (unpaired) electrons. The molecular weight excluding hydrogens is 308 g/mol. The summed E-state index contributed by atoms with van der Waals surface area (Å²) >= 11 is 0. The molecule has 1 heterocycles. The minimum absolute atomic E-state index is 0. The van der Waals surface area contributed by atoms with Gasteiger partial charge in [0.05, 0.1) is 0 Å². The molecule has 0 bridgehead atoms. The quantitative estimate of drug-likeness (QED) is 0.832. The largest absolute Gasteiger partial charge is 0.355 e. The third kappa shape index (κ3) is 6.52.